The van der Waals surface area contributed by atoms with Crippen LogP contribution >= 0.6 is 0 Å². The van der Waals surface area contributed by atoms with E-state index in [-0.39, 0.29) is 13.0 Å². The number of carbonyl (C=O) groups is 2. The van der Waals surface area contributed by atoms with E-state index in [1.54, 1.807) is 0 Å². The Balaban J connectivity index is 2.58. The molecule has 27 heavy (non-hydrogen) atoms. The Labute approximate surface area is 150 Å². The van der Waals surface area contributed by atoms with Crippen molar-refractivity contribution >= 4 is 23.7 Å². The number of carbonyl (C=O) groups excluding carboxylic acids is 2. The van der Waals surface area contributed by atoms with Crippen LogP contribution in [0.25, 0.3) is 0 Å². The molecule has 0 bridgehead atoms. The van der Waals surface area contributed by atoms with Gasteiger partial charge >= 0.3 is 11.7 Å². The molecule has 2 unspecified atom stereocenters. The van der Waals surface area contributed by atoms with Gasteiger partial charge in [0.1, 0.15) is 17.6 Å². The zero-order chi connectivity index (χ0) is 20.5. The maximum Gasteiger partial charge on any atom is 0.322 e. The lowest BCUT2D eigenvalue weighted by Crippen LogP contribution is -2.30. The van der Waals surface area contributed by atoms with Crippen molar-refractivity contribution in [2.24, 2.45) is 10.9 Å². The highest BCUT2D eigenvalue weighted by Crippen LogP contribution is 2.33. The normalized spacial score (nSPS) is 19.8. The third-order valence-corrected chi connectivity index (χ3v) is 3.88. The summed E-state index contributed by atoms with van der Waals surface area (Å²) in [5.74, 6) is -10.3. The lowest BCUT2D eigenvalue weighted by Gasteiger charge is -2.13. The highest BCUT2D eigenvalue weighted by Gasteiger charge is 2.41. The molecule has 2 rings (SSSR count). The second kappa shape index (κ2) is 7.80. The molecule has 0 spiro atoms. The first-order chi connectivity index (χ1) is 12.6. The molecular weight excluding hydrogens is 376 g/mol. The molecule has 0 aromatic heterocycles. The first-order valence-electron chi connectivity index (χ1n) is 7.81. The zero-order valence-electron chi connectivity index (χ0n) is 14.2. The summed E-state index contributed by atoms with van der Waals surface area (Å²) in [6.07, 6.45) is -0.528. The number of nitrogens with zero attached hydrogens (tertiary/aromatic N) is 2. The van der Waals surface area contributed by atoms with E-state index in [1.165, 1.54) is 6.92 Å². The molecule has 1 saturated carbocycles. The summed E-state index contributed by atoms with van der Waals surface area (Å²) in [7, 11) is 0. The molecular formula is C16H14F4N2O5. The number of halogens is 4. The fourth-order valence-corrected chi connectivity index (χ4v) is 2.29. The van der Waals surface area contributed by atoms with Crippen molar-refractivity contribution in [2.45, 2.75) is 32.5 Å². The van der Waals surface area contributed by atoms with Gasteiger partial charge in [0.05, 0.1) is 17.6 Å². The lowest BCUT2D eigenvalue weighted by molar-refractivity contribution is -0.388. The molecule has 1 aliphatic rings. The van der Waals surface area contributed by atoms with Crippen LogP contribution in [0.5, 0.6) is 0 Å². The number of esters is 1. The molecule has 1 aliphatic carbocycles. The van der Waals surface area contributed by atoms with E-state index in [2.05, 4.69) is 9.73 Å². The summed E-state index contributed by atoms with van der Waals surface area (Å²) in [6, 6.07) is -0.804. The number of hydrogen-bond acceptors (Lipinski definition) is 6. The Kier molecular flexibility index (Phi) is 5.91. The highest BCUT2D eigenvalue weighted by atomic mass is 19.2. The number of ether oxygens (including phenoxy) is 1. The van der Waals surface area contributed by atoms with Crippen LogP contribution < -0.4 is 0 Å². The first kappa shape index (κ1) is 20.5. The molecule has 0 saturated heterocycles. The molecule has 0 amide bonds. The number of benzene rings is 1. The first-order valence-corrected chi connectivity index (χ1v) is 7.81. The molecule has 0 radical (unpaired) electrons. The predicted molar refractivity (Wildman–Crippen MR) is 84.0 cm³/mol. The summed E-state index contributed by atoms with van der Waals surface area (Å²) >= 11 is 0. The van der Waals surface area contributed by atoms with Crippen LogP contribution in [0, 0.1) is 40.4 Å². The Morgan fingerprint density at radius 3 is 2.41 bits per heavy atom. The number of nitro groups is 1. The fourth-order valence-electron chi connectivity index (χ4n) is 2.29. The standard InChI is InChI=1S/C16H14F4N2O5/c1-3-27-16(24)7(5-21-9-4-8(9)17)15(23)10-11(18)6(2)12(19)13(20)14(10)22(25)26/h5,7-9H,3-4H2,1-2H3/t7?,8-,9?/m0/s1. The van der Waals surface area contributed by atoms with E-state index in [0.29, 0.717) is 6.21 Å². The smallest absolute Gasteiger partial charge is 0.322 e. The third kappa shape index (κ3) is 3.96. The maximum absolute atomic E-state index is 14.4. The topological polar surface area (TPSA) is 98.9 Å². The van der Waals surface area contributed by atoms with E-state index >= 15 is 0 Å². The Hall–Kier alpha value is -2.85. The van der Waals surface area contributed by atoms with E-state index in [9.17, 15) is 37.3 Å². The molecule has 7 nitrogen and oxygen atoms in total. The van der Waals surface area contributed by atoms with Gasteiger partial charge in [0.15, 0.2) is 17.5 Å². The van der Waals surface area contributed by atoms with Gasteiger partial charge in [0, 0.05) is 18.2 Å². The van der Waals surface area contributed by atoms with Crippen LogP contribution in [0.15, 0.2) is 4.99 Å². The average Bonchev–Trinajstić information content (AvgIpc) is 3.31. The SMILES string of the molecule is CCOC(=O)C(C=NC1C[C@@H]1F)C(=O)c1c(F)c(C)c(F)c(F)c1[N+](=O)[O-]. The van der Waals surface area contributed by atoms with Crippen molar-refractivity contribution in [3.63, 3.8) is 0 Å². The van der Waals surface area contributed by atoms with Gasteiger partial charge in [-0.3, -0.25) is 24.7 Å². The molecule has 11 heteroatoms. The number of nitro benzene ring substituents is 1. The molecule has 146 valence electrons. The molecule has 1 aromatic rings. The number of rotatable bonds is 7. The quantitative estimate of drug-likeness (QED) is 0.104. The van der Waals surface area contributed by atoms with Crippen molar-refractivity contribution in [3.05, 3.63) is 38.7 Å². The number of aliphatic imine (C=N–C) groups is 1. The van der Waals surface area contributed by atoms with Gasteiger partial charge in [-0.1, -0.05) is 0 Å². The van der Waals surface area contributed by atoms with Crippen molar-refractivity contribution in [1.29, 1.82) is 0 Å². The Morgan fingerprint density at radius 2 is 1.93 bits per heavy atom. The largest absolute Gasteiger partial charge is 0.465 e. The second-order valence-corrected chi connectivity index (χ2v) is 5.76. The second-order valence-electron chi connectivity index (χ2n) is 5.76. The maximum atomic E-state index is 14.4. The van der Waals surface area contributed by atoms with Crippen LogP contribution in [0.1, 0.15) is 29.3 Å². The molecule has 3 atom stereocenters. The van der Waals surface area contributed by atoms with Crippen LogP contribution in [0.2, 0.25) is 0 Å². The van der Waals surface area contributed by atoms with Crippen molar-refractivity contribution in [1.82, 2.24) is 0 Å². The van der Waals surface area contributed by atoms with Gasteiger partial charge in [0.25, 0.3) is 0 Å². The van der Waals surface area contributed by atoms with E-state index in [0.717, 1.165) is 6.92 Å². The lowest BCUT2D eigenvalue weighted by atomic mass is 9.94. The molecule has 0 N–H and O–H groups in total. The van der Waals surface area contributed by atoms with Crippen molar-refractivity contribution < 1.29 is 36.8 Å². The van der Waals surface area contributed by atoms with Crippen molar-refractivity contribution in [3.8, 4) is 0 Å². The van der Waals surface area contributed by atoms with Gasteiger partial charge in [0.2, 0.25) is 5.82 Å². The summed E-state index contributed by atoms with van der Waals surface area (Å²) in [4.78, 5) is 37.9. The third-order valence-electron chi connectivity index (χ3n) is 3.88. The monoisotopic (exact) mass is 390 g/mol. The fraction of sp³-hybridized carbons (Fsp3) is 0.438. The van der Waals surface area contributed by atoms with Crippen LogP contribution in [0.4, 0.5) is 23.2 Å². The highest BCUT2D eigenvalue weighted by molar-refractivity contribution is 6.20. The minimum atomic E-state index is -2.03. The van der Waals surface area contributed by atoms with Crippen LogP contribution in [0.3, 0.4) is 0 Å². The minimum absolute atomic E-state index is 0.0546. The van der Waals surface area contributed by atoms with Gasteiger partial charge in [-0.15, -0.1) is 0 Å². The summed E-state index contributed by atoms with van der Waals surface area (Å²) in [5, 5.41) is 11.1. The van der Waals surface area contributed by atoms with E-state index in [4.69, 9.17) is 0 Å². The summed E-state index contributed by atoms with van der Waals surface area (Å²) < 4.78 is 59.6. The summed E-state index contributed by atoms with van der Waals surface area (Å²) in [5.41, 5.74) is -4.11. The predicted octanol–water partition coefficient (Wildman–Crippen LogP) is 2.86. The van der Waals surface area contributed by atoms with Gasteiger partial charge in [-0.25, -0.2) is 13.2 Å². The minimum Gasteiger partial charge on any atom is -0.465 e. The number of ketones is 1. The number of hydrogen-bond donors (Lipinski definition) is 0. The van der Waals surface area contributed by atoms with E-state index < -0.39 is 69.1 Å². The number of Topliss-reactive ketones (excluding diaryl/α,β-unsaturated/α-hetero) is 1. The Bertz CT molecular complexity index is 843. The van der Waals surface area contributed by atoms with Gasteiger partial charge in [-0.2, -0.15) is 4.39 Å². The van der Waals surface area contributed by atoms with Crippen molar-refractivity contribution in [2.75, 3.05) is 6.61 Å². The van der Waals surface area contributed by atoms with Crippen LogP contribution in [-0.4, -0.2) is 41.7 Å². The zero-order valence-corrected chi connectivity index (χ0v) is 14.2. The molecule has 0 aliphatic heterocycles. The summed E-state index contributed by atoms with van der Waals surface area (Å²) in [6.45, 7) is 1.99. The molecule has 0 heterocycles. The van der Waals surface area contributed by atoms with Gasteiger partial charge < -0.3 is 4.74 Å². The van der Waals surface area contributed by atoms with Crippen LogP contribution in [-0.2, 0) is 9.53 Å². The number of alkyl halides is 1. The van der Waals surface area contributed by atoms with E-state index in [1.807, 2.05) is 0 Å². The molecule has 1 fully saturated rings. The molecule has 1 aromatic carbocycles. The Morgan fingerprint density at radius 1 is 1.33 bits per heavy atom. The average molecular weight is 390 g/mol. The van der Waals surface area contributed by atoms with Gasteiger partial charge in [-0.05, 0) is 13.8 Å².